The molecule has 1 aliphatic heterocycles. The van der Waals surface area contributed by atoms with E-state index < -0.39 is 51.8 Å². The van der Waals surface area contributed by atoms with Crippen LogP contribution < -0.4 is 59.7 Å². The van der Waals surface area contributed by atoms with Gasteiger partial charge in [-0.25, -0.2) is 125 Å². The van der Waals surface area contributed by atoms with E-state index in [1.165, 1.54) is 71.4 Å². The molecule has 0 aliphatic carbocycles. The van der Waals surface area contributed by atoms with Gasteiger partial charge in [0.15, 0.2) is 4.77 Å². The molecule has 1 saturated heterocycles. The van der Waals surface area contributed by atoms with Crippen molar-refractivity contribution in [1.29, 1.82) is 0 Å². The van der Waals surface area contributed by atoms with Crippen molar-refractivity contribution in [2.75, 3.05) is 53.0 Å². The smallest absolute Gasteiger partial charge is 0.813 e. The van der Waals surface area contributed by atoms with Gasteiger partial charge in [0, 0.05) is 141 Å². The first kappa shape index (κ1) is 126. The van der Waals surface area contributed by atoms with Crippen LogP contribution in [0.5, 0.6) is 24.0 Å². The molecular weight excluding hydrogens is 2100 g/mol. The van der Waals surface area contributed by atoms with Crippen LogP contribution >= 0.6 is 58.6 Å². The SMILES string of the molecule is C.C.CC(CCCl)OCc1ccccc1F.COc1ncc(-c2cc(C)[nH]c(=S)n2)cn1.COc1ncc(-c2cc(C)nc(Cl)n2)cn1.COc1ncc(-c2cc(C)nc(S(=O)(=O)CCC(OCc3ccccc3F)c3ccccc3)n2)cn1.COc1ncc(B2OC(C)(C)C(C)(C)O2)cn1.Cc1cc(-c2cnc(=O)[nH]c2)nc(S(=O)(=O)CCC(OCc2ccccc2F)c2ccccc2)n1.Cc1cc(Cl)nc(Cl)n1.[2H]CF.[Na+].[SH-]. The first-order valence-electron chi connectivity index (χ1n) is 44.8. The van der Waals surface area contributed by atoms with E-state index in [1.54, 1.807) is 131 Å². The standard InChI is InChI=1S/C26H25FN4O4S.C25H23FN4O4S.C11H17BN2O3.C11H14ClFO.C10H9ClN4O.C10H10N4OS.C5H4Cl2N2.CH3F.2CH4.Na.H2S/c1-18-14-23(21-15-28-25(34-2)29-16-21)31-26(30-18)36(32,33)13-12-24(19-8-4-3-5-9-19)35-17-20-10-6-7-11-22(20)27;1-17-13-22(20-14-27-24(31)28-15-20)30-25(29-17)35(32,33)12-11-23(18-7-3-2-4-8-18)34-16-19-9-5-6-10-21(19)26;1-10(2)11(3,4)17-12(16-10)8-6-13-9(15-5)14-7-8;1-9(6-7-12)14-8-10-4-2-3-5-11(10)13;1-6-3-8(15-9(11)14-6)7-4-12-10(16-2)13-5-7;1-6-3-8(14-10(16)13-6)7-4-11-9(15-2)12-5-7;1-3-2-4(6)9-5(7)8-3;1-2;;;;/h3-11,14-16,24H,12-13,17H2,1-2H3;2-10,13-15,23H,11-12,16H2,1H3,(H,27,28,31);6-7H,1-5H3;2-5,9H,6-8H2,1H3;3-5H,1-2H3;3-5H,1-2H3,(H,13,14,16);2H,1H3;1H3;2*1H4;;1H2/q;;;;;;;;;;+1;/p-1/i;;;;;;;1D;;;;. The van der Waals surface area contributed by atoms with Gasteiger partial charge in [-0.2, -0.15) is 0 Å². The van der Waals surface area contributed by atoms with Crippen LogP contribution in [-0.4, -0.2) is 194 Å². The molecule has 16 rings (SSSR count). The predicted octanol–water partition coefficient (Wildman–Crippen LogP) is 17.0. The number of hydrogen-bond donors (Lipinski definition) is 2. The molecule has 5 aromatic carbocycles. The number of rotatable bonds is 30. The zero-order valence-electron chi connectivity index (χ0n) is 83.7. The van der Waals surface area contributed by atoms with Crippen molar-refractivity contribution in [3.63, 3.8) is 0 Å². The summed E-state index contributed by atoms with van der Waals surface area (Å²) in [6.07, 6.45) is 15.6. The van der Waals surface area contributed by atoms with Crippen LogP contribution in [-0.2, 0) is 76.5 Å². The van der Waals surface area contributed by atoms with Gasteiger partial charge in [0.25, 0.3) is 0 Å². The van der Waals surface area contributed by atoms with Crippen LogP contribution in [0, 0.1) is 56.8 Å². The molecule has 34 nitrogen and oxygen atoms in total. The van der Waals surface area contributed by atoms with Gasteiger partial charge in [-0.15, -0.1) is 11.6 Å². The second-order valence-electron chi connectivity index (χ2n) is 32.2. The van der Waals surface area contributed by atoms with Crippen LogP contribution in [0.15, 0.2) is 241 Å². The van der Waals surface area contributed by atoms with E-state index in [9.17, 15) is 39.2 Å². The number of nitrogens with one attached hydrogen (secondary N) is 2. The normalized spacial score (nSPS) is 12.4. The zero-order valence-corrected chi connectivity index (χ0v) is 91.1. The topological polar surface area (TPSA) is 432 Å². The van der Waals surface area contributed by atoms with E-state index in [0.717, 1.165) is 56.9 Å². The Labute approximate surface area is 920 Å². The number of hydrogen-bond acceptors (Lipinski definition) is 34. The van der Waals surface area contributed by atoms with Crippen LogP contribution in [0.3, 0.4) is 0 Å². The van der Waals surface area contributed by atoms with Crippen LogP contribution in [0.2, 0.25) is 15.7 Å². The van der Waals surface area contributed by atoms with E-state index in [0.29, 0.717) is 96.7 Å². The molecular formula is C101H114BCl4F4N20NaO14S4. The van der Waals surface area contributed by atoms with Crippen LogP contribution in [0.4, 0.5) is 17.6 Å². The van der Waals surface area contributed by atoms with Crippen molar-refractivity contribution < 1.29 is 108 Å². The molecule has 48 heteroatoms. The summed E-state index contributed by atoms with van der Waals surface area (Å²) in [6.45, 7) is 19.2. The summed E-state index contributed by atoms with van der Waals surface area (Å²) in [5, 5.41) is 0.187. The van der Waals surface area contributed by atoms with Crippen molar-refractivity contribution in [1.82, 2.24) is 99.7 Å². The molecule has 0 radical (unpaired) electrons. The average molecular weight is 2210 g/mol. The monoisotopic (exact) mass is 2210 g/mol. The summed E-state index contributed by atoms with van der Waals surface area (Å²) in [4.78, 5) is 89.0. The van der Waals surface area contributed by atoms with Crippen molar-refractivity contribution >= 4 is 104 Å². The third kappa shape index (κ3) is 41.1. The van der Waals surface area contributed by atoms with Gasteiger partial charge in [-0.1, -0.05) is 142 Å². The summed E-state index contributed by atoms with van der Waals surface area (Å²) >= 11 is 27.3. The zero-order chi connectivity index (χ0) is 106. The maximum absolute atomic E-state index is 14.1. The van der Waals surface area contributed by atoms with E-state index in [-0.39, 0.29) is 157 Å². The molecule has 1 fully saturated rings. The molecule has 0 bridgehead atoms. The minimum Gasteiger partial charge on any atom is -0.813 e. The van der Waals surface area contributed by atoms with Crippen molar-refractivity contribution in [2.45, 2.75) is 163 Å². The molecule has 10 aromatic heterocycles. The fraction of sp³-hybridized carbons (Fsp3) is 0.307. The van der Waals surface area contributed by atoms with Gasteiger partial charge in [0.05, 0.1) is 121 Å². The van der Waals surface area contributed by atoms with Gasteiger partial charge in [0.2, 0.25) is 40.6 Å². The Kier molecular flexibility index (Phi) is 53.4. The summed E-state index contributed by atoms with van der Waals surface area (Å²) in [5.74, 6) is -0.948. The van der Waals surface area contributed by atoms with Crippen LogP contribution in [0.1, 0.15) is 139 Å². The Morgan fingerprint density at radius 2 is 0.792 bits per heavy atom. The number of H-pyrrole nitrogens is 2. The fourth-order valence-corrected chi connectivity index (χ4v) is 16.4. The van der Waals surface area contributed by atoms with E-state index in [1.807, 2.05) is 121 Å². The molecule has 2 N–H and O–H groups in total. The maximum Gasteiger partial charge on any atom is 1.00 e. The van der Waals surface area contributed by atoms with Crippen molar-refractivity contribution in [3.05, 3.63) is 330 Å². The Balaban J connectivity index is 0.000000319. The molecule has 0 saturated carbocycles. The third-order valence-corrected chi connectivity index (χ3v) is 24.8. The molecule has 0 amide bonds. The van der Waals surface area contributed by atoms with E-state index in [4.69, 9.17) is 102 Å². The second-order valence-corrected chi connectivity index (χ2v) is 38.0. The quantitative estimate of drug-likeness (QED) is 0.00617. The first-order valence-corrected chi connectivity index (χ1v) is 49.5. The number of ether oxygens (including phenoxy) is 7. The molecule has 0 spiro atoms. The van der Waals surface area contributed by atoms with Gasteiger partial charge in [0.1, 0.15) is 22.6 Å². The Morgan fingerprint density at radius 3 is 1.14 bits per heavy atom. The van der Waals surface area contributed by atoms with Gasteiger partial charge >= 0.3 is 66.4 Å². The molecule has 786 valence electrons. The van der Waals surface area contributed by atoms with Gasteiger partial charge in [-0.05, 0) is 184 Å². The van der Waals surface area contributed by atoms with Crippen molar-refractivity contribution in [2.24, 2.45) is 0 Å². The molecule has 3 atom stereocenters. The molecule has 11 heterocycles. The average Bonchev–Trinajstić information content (AvgIpc) is 1.62. The molecule has 15 aromatic rings. The number of aromatic amines is 2. The number of methoxy groups -OCH3 is 4. The van der Waals surface area contributed by atoms with Crippen LogP contribution in [0.25, 0.3) is 45.0 Å². The number of thiol groups is 1. The second kappa shape index (κ2) is 63.3. The Hall–Kier alpha value is -11.9. The predicted molar refractivity (Wildman–Crippen MR) is 566 cm³/mol. The van der Waals surface area contributed by atoms with E-state index in [2.05, 4.69) is 99.7 Å². The Bertz CT molecular complexity index is 6960. The molecule has 149 heavy (non-hydrogen) atoms. The number of benzene rings is 5. The fourth-order valence-electron chi connectivity index (χ4n) is 12.7. The molecule has 1 aliphatic rings. The number of alkyl halides is 2. The van der Waals surface area contributed by atoms with Gasteiger partial charge < -0.3 is 65.9 Å². The third-order valence-electron chi connectivity index (χ3n) is 20.8. The van der Waals surface area contributed by atoms with Gasteiger partial charge in [-0.3, -0.25) is 4.39 Å². The summed E-state index contributed by atoms with van der Waals surface area (Å²) < 4.78 is 159. The summed E-state index contributed by atoms with van der Waals surface area (Å²) in [7, 11) is -3.15. The Morgan fingerprint density at radius 1 is 0.456 bits per heavy atom. The number of sulfone groups is 2. The number of nitrogens with zero attached hydrogens (tertiary/aromatic N) is 18. The summed E-state index contributed by atoms with van der Waals surface area (Å²) in [6, 6.07) is 47.5. The minimum atomic E-state index is -3.88. The number of aromatic nitrogens is 20. The largest absolute Gasteiger partial charge is 1.00 e. The maximum atomic E-state index is 14.1. The number of halogens is 8. The number of aryl methyl sites for hydroxylation is 5. The minimum absolute atomic E-state index is 0. The summed E-state index contributed by atoms with van der Waals surface area (Å²) in [5.41, 5.74) is 10.7. The first-order chi connectivity index (χ1) is 69.7. The molecule has 3 unspecified atom stereocenters. The van der Waals surface area contributed by atoms with Crippen molar-refractivity contribution in [3.8, 4) is 69.1 Å². The van der Waals surface area contributed by atoms with E-state index >= 15 is 0 Å².